The van der Waals surface area contributed by atoms with E-state index in [2.05, 4.69) is 36.5 Å². The van der Waals surface area contributed by atoms with Gasteiger partial charge in [0.05, 0.1) is 6.10 Å². The first kappa shape index (κ1) is 19.0. The van der Waals surface area contributed by atoms with E-state index in [0.29, 0.717) is 6.54 Å². The highest BCUT2D eigenvalue weighted by Gasteiger charge is 2.21. The second kappa shape index (κ2) is 9.81. The Hall–Kier alpha value is -1.75. The van der Waals surface area contributed by atoms with E-state index in [4.69, 9.17) is 9.47 Å². The predicted molar refractivity (Wildman–Crippen MR) is 101 cm³/mol. The zero-order chi connectivity index (χ0) is 18.2. The Bertz CT molecular complexity index is 641. The van der Waals surface area contributed by atoms with Crippen molar-refractivity contribution in [3.8, 4) is 0 Å². The fourth-order valence-electron chi connectivity index (χ4n) is 3.25. The molecule has 3 rings (SSSR count). The molecule has 1 N–H and O–H groups in total. The molecule has 0 amide bonds. The molecule has 0 spiro atoms. The third-order valence-electron chi connectivity index (χ3n) is 4.81. The van der Waals surface area contributed by atoms with Crippen molar-refractivity contribution in [1.29, 1.82) is 0 Å². The van der Waals surface area contributed by atoms with E-state index in [0.717, 1.165) is 37.9 Å². The van der Waals surface area contributed by atoms with Gasteiger partial charge in [-0.15, -0.1) is 0 Å². The molecular weight excluding hydrogens is 329 g/mol. The standard InChI is InChI=1S/C22H28FNO2/c1-17(19-7-3-2-4-8-19)24-16-21(26-22-9-5-6-14-25-22)15-18-10-12-20(23)13-11-18/h2-4,7-8,10-13,17,21-22,24H,5-6,9,14-16H2,1H3/t17-,21+,22?/m1/s1. The van der Waals surface area contributed by atoms with Gasteiger partial charge < -0.3 is 14.8 Å². The molecule has 26 heavy (non-hydrogen) atoms. The van der Waals surface area contributed by atoms with Gasteiger partial charge in [0.25, 0.3) is 0 Å². The SMILES string of the molecule is C[C@@H](NC[C@H](Cc1ccc(F)cc1)OC1CCCCO1)c1ccccc1. The number of hydrogen-bond donors (Lipinski definition) is 1. The van der Waals surface area contributed by atoms with E-state index in [1.807, 2.05) is 18.2 Å². The number of hydrogen-bond acceptors (Lipinski definition) is 3. The Morgan fingerprint density at radius 1 is 1.12 bits per heavy atom. The molecule has 1 aliphatic heterocycles. The third-order valence-corrected chi connectivity index (χ3v) is 4.81. The molecule has 0 bridgehead atoms. The molecule has 1 fully saturated rings. The number of rotatable bonds is 8. The lowest BCUT2D eigenvalue weighted by Gasteiger charge is -2.29. The summed E-state index contributed by atoms with van der Waals surface area (Å²) in [4.78, 5) is 0. The predicted octanol–water partition coefficient (Wildman–Crippen LogP) is 4.63. The highest BCUT2D eigenvalue weighted by Crippen LogP contribution is 2.18. The fraction of sp³-hybridized carbons (Fsp3) is 0.455. The maximum Gasteiger partial charge on any atom is 0.158 e. The van der Waals surface area contributed by atoms with E-state index < -0.39 is 0 Å². The van der Waals surface area contributed by atoms with Gasteiger partial charge in [0.2, 0.25) is 0 Å². The summed E-state index contributed by atoms with van der Waals surface area (Å²) in [6, 6.07) is 17.3. The van der Waals surface area contributed by atoms with Crippen LogP contribution in [0.5, 0.6) is 0 Å². The highest BCUT2D eigenvalue weighted by molar-refractivity contribution is 5.19. The van der Waals surface area contributed by atoms with Gasteiger partial charge in [-0.25, -0.2) is 4.39 Å². The first-order valence-electron chi connectivity index (χ1n) is 9.50. The highest BCUT2D eigenvalue weighted by atomic mass is 19.1. The van der Waals surface area contributed by atoms with Crippen LogP contribution in [0.15, 0.2) is 54.6 Å². The smallest absolute Gasteiger partial charge is 0.158 e. The van der Waals surface area contributed by atoms with Crippen LogP contribution in [0.4, 0.5) is 4.39 Å². The van der Waals surface area contributed by atoms with Crippen LogP contribution in [-0.4, -0.2) is 25.5 Å². The summed E-state index contributed by atoms with van der Waals surface area (Å²) in [5.41, 5.74) is 2.32. The maximum atomic E-state index is 13.2. The number of ether oxygens (including phenoxy) is 2. The normalized spacial score (nSPS) is 19.8. The third kappa shape index (κ3) is 5.90. The quantitative estimate of drug-likeness (QED) is 0.747. The van der Waals surface area contributed by atoms with Crippen LogP contribution >= 0.6 is 0 Å². The molecule has 140 valence electrons. The lowest BCUT2D eigenvalue weighted by Crippen LogP contribution is -2.37. The van der Waals surface area contributed by atoms with Crippen LogP contribution in [0.1, 0.15) is 43.4 Å². The largest absolute Gasteiger partial charge is 0.353 e. The second-order valence-corrected chi connectivity index (χ2v) is 6.93. The summed E-state index contributed by atoms with van der Waals surface area (Å²) in [6.07, 6.45) is 3.76. The van der Waals surface area contributed by atoms with Crippen molar-refractivity contribution in [1.82, 2.24) is 5.32 Å². The molecule has 2 aromatic carbocycles. The monoisotopic (exact) mass is 357 g/mol. The number of benzene rings is 2. The van der Waals surface area contributed by atoms with Crippen LogP contribution in [0.2, 0.25) is 0 Å². The van der Waals surface area contributed by atoms with E-state index in [1.165, 1.54) is 17.7 Å². The van der Waals surface area contributed by atoms with Crippen molar-refractivity contribution >= 4 is 0 Å². The van der Waals surface area contributed by atoms with Gasteiger partial charge in [-0.3, -0.25) is 0 Å². The van der Waals surface area contributed by atoms with Crippen LogP contribution < -0.4 is 5.32 Å². The summed E-state index contributed by atoms with van der Waals surface area (Å²) in [6.45, 7) is 3.64. The van der Waals surface area contributed by atoms with E-state index >= 15 is 0 Å². The average Bonchev–Trinajstić information content (AvgIpc) is 2.69. The molecule has 1 saturated heterocycles. The Morgan fingerprint density at radius 3 is 2.58 bits per heavy atom. The van der Waals surface area contributed by atoms with Gasteiger partial charge in [0.1, 0.15) is 5.82 Å². The van der Waals surface area contributed by atoms with Gasteiger partial charge in [0.15, 0.2) is 6.29 Å². The summed E-state index contributed by atoms with van der Waals surface area (Å²) in [5, 5.41) is 3.57. The molecular formula is C22H28FNO2. The van der Waals surface area contributed by atoms with Crippen molar-refractivity contribution in [3.63, 3.8) is 0 Å². The van der Waals surface area contributed by atoms with Crippen LogP contribution in [0, 0.1) is 5.82 Å². The minimum absolute atomic E-state index is 0.0188. The number of halogens is 1. The lowest BCUT2D eigenvalue weighted by molar-refractivity contribution is -0.187. The van der Waals surface area contributed by atoms with Crippen molar-refractivity contribution in [3.05, 3.63) is 71.5 Å². The molecule has 1 unspecified atom stereocenters. The van der Waals surface area contributed by atoms with Gasteiger partial charge in [-0.1, -0.05) is 42.5 Å². The zero-order valence-corrected chi connectivity index (χ0v) is 15.4. The summed E-state index contributed by atoms with van der Waals surface area (Å²) in [7, 11) is 0. The Labute approximate surface area is 155 Å². The van der Waals surface area contributed by atoms with E-state index in [9.17, 15) is 4.39 Å². The minimum atomic E-state index is -0.211. The molecule has 0 aromatic heterocycles. The van der Waals surface area contributed by atoms with Crippen molar-refractivity contribution < 1.29 is 13.9 Å². The van der Waals surface area contributed by atoms with Crippen LogP contribution in [-0.2, 0) is 15.9 Å². The van der Waals surface area contributed by atoms with Crippen molar-refractivity contribution in [2.24, 2.45) is 0 Å². The average molecular weight is 357 g/mol. The van der Waals surface area contributed by atoms with Crippen LogP contribution in [0.3, 0.4) is 0 Å². The van der Waals surface area contributed by atoms with Gasteiger partial charge in [-0.05, 0) is 55.9 Å². The first-order valence-corrected chi connectivity index (χ1v) is 9.50. The molecule has 3 atom stereocenters. The Kier molecular flexibility index (Phi) is 7.18. The molecule has 1 aliphatic rings. The summed E-state index contributed by atoms with van der Waals surface area (Å²) in [5.74, 6) is -0.211. The van der Waals surface area contributed by atoms with Crippen molar-refractivity contribution in [2.75, 3.05) is 13.2 Å². The molecule has 3 nitrogen and oxygen atoms in total. The first-order chi connectivity index (χ1) is 12.7. The Balaban J connectivity index is 1.60. The maximum absolute atomic E-state index is 13.2. The fourth-order valence-corrected chi connectivity index (χ4v) is 3.25. The summed E-state index contributed by atoms with van der Waals surface area (Å²) >= 11 is 0. The molecule has 0 saturated carbocycles. The molecule has 0 radical (unpaired) electrons. The van der Waals surface area contributed by atoms with Gasteiger partial charge in [-0.2, -0.15) is 0 Å². The van der Waals surface area contributed by atoms with Gasteiger partial charge >= 0.3 is 0 Å². The minimum Gasteiger partial charge on any atom is -0.353 e. The molecule has 4 heteroatoms. The molecule has 1 heterocycles. The molecule has 0 aliphatic carbocycles. The van der Waals surface area contributed by atoms with Crippen LogP contribution in [0.25, 0.3) is 0 Å². The molecule has 2 aromatic rings. The Morgan fingerprint density at radius 2 is 1.88 bits per heavy atom. The van der Waals surface area contributed by atoms with Gasteiger partial charge in [0, 0.05) is 19.2 Å². The topological polar surface area (TPSA) is 30.5 Å². The van der Waals surface area contributed by atoms with E-state index in [1.54, 1.807) is 0 Å². The van der Waals surface area contributed by atoms with Crippen molar-refractivity contribution in [2.45, 2.75) is 51.0 Å². The second-order valence-electron chi connectivity index (χ2n) is 6.93. The summed E-state index contributed by atoms with van der Waals surface area (Å²) < 4.78 is 25.2. The number of nitrogens with one attached hydrogen (secondary N) is 1. The van der Waals surface area contributed by atoms with E-state index in [-0.39, 0.29) is 24.3 Å². The zero-order valence-electron chi connectivity index (χ0n) is 15.4. The lowest BCUT2D eigenvalue weighted by atomic mass is 10.1.